The van der Waals surface area contributed by atoms with Crippen molar-refractivity contribution in [2.75, 3.05) is 6.54 Å². The van der Waals surface area contributed by atoms with Crippen LogP contribution in [0.5, 0.6) is 0 Å². The van der Waals surface area contributed by atoms with Gasteiger partial charge in [-0.1, -0.05) is 17.3 Å². The second kappa shape index (κ2) is 4.58. The molecule has 0 atom stereocenters. The van der Waals surface area contributed by atoms with Crippen molar-refractivity contribution >= 4 is 10.9 Å². The molecule has 0 saturated heterocycles. The highest BCUT2D eigenvalue weighted by Crippen LogP contribution is 2.23. The predicted molar refractivity (Wildman–Crippen MR) is 70.0 cm³/mol. The van der Waals surface area contributed by atoms with Gasteiger partial charge in [0, 0.05) is 29.6 Å². The molecular weight excluding hydrogens is 226 g/mol. The van der Waals surface area contributed by atoms with Crippen molar-refractivity contribution < 1.29 is 4.52 Å². The van der Waals surface area contributed by atoms with Crippen LogP contribution in [0.4, 0.5) is 0 Å². The Morgan fingerprint density at radius 2 is 2.11 bits per heavy atom. The molecular formula is C14H13N3O. The largest absolute Gasteiger partial charge is 0.361 e. The zero-order valence-corrected chi connectivity index (χ0v) is 9.84. The van der Waals surface area contributed by atoms with E-state index in [1.807, 2.05) is 30.3 Å². The summed E-state index contributed by atoms with van der Waals surface area (Å²) in [6, 6.07) is 11.9. The quantitative estimate of drug-likeness (QED) is 0.762. The van der Waals surface area contributed by atoms with Gasteiger partial charge in [-0.25, -0.2) is 0 Å². The lowest BCUT2D eigenvalue weighted by Crippen LogP contribution is -2.01. The van der Waals surface area contributed by atoms with Crippen molar-refractivity contribution in [2.24, 2.45) is 5.73 Å². The Hall–Kier alpha value is -2.20. The fraction of sp³-hybridized carbons (Fsp3) is 0.143. The smallest absolute Gasteiger partial charge is 0.138 e. The van der Waals surface area contributed by atoms with Gasteiger partial charge >= 0.3 is 0 Å². The Labute approximate surface area is 104 Å². The van der Waals surface area contributed by atoms with Gasteiger partial charge in [-0.15, -0.1) is 0 Å². The van der Waals surface area contributed by atoms with Crippen LogP contribution in [0.15, 0.2) is 47.1 Å². The average molecular weight is 239 g/mol. The maximum Gasteiger partial charge on any atom is 0.138 e. The minimum absolute atomic E-state index is 0.566. The van der Waals surface area contributed by atoms with Gasteiger partial charge in [0.2, 0.25) is 0 Å². The molecule has 4 heteroatoms. The summed E-state index contributed by atoms with van der Waals surface area (Å²) in [5.74, 6) is 0.818. The number of aromatic nitrogens is 2. The van der Waals surface area contributed by atoms with Gasteiger partial charge in [0.05, 0.1) is 5.52 Å². The Morgan fingerprint density at radius 1 is 1.17 bits per heavy atom. The van der Waals surface area contributed by atoms with Crippen LogP contribution in [0, 0.1) is 0 Å². The average Bonchev–Trinajstić information content (AvgIpc) is 2.87. The molecule has 2 aromatic heterocycles. The topological polar surface area (TPSA) is 64.9 Å². The number of fused-ring (bicyclic) bond motifs is 1. The molecule has 2 N–H and O–H groups in total. The van der Waals surface area contributed by atoms with E-state index in [2.05, 4.69) is 16.2 Å². The summed E-state index contributed by atoms with van der Waals surface area (Å²) in [5, 5.41) is 5.16. The molecule has 0 saturated carbocycles. The Morgan fingerprint density at radius 3 is 3.00 bits per heavy atom. The summed E-state index contributed by atoms with van der Waals surface area (Å²) in [5.41, 5.74) is 8.33. The number of hydrogen-bond acceptors (Lipinski definition) is 4. The lowest BCUT2D eigenvalue weighted by atomic mass is 10.1. The molecule has 3 aromatic rings. The molecule has 18 heavy (non-hydrogen) atoms. The number of nitrogens with zero attached hydrogens (tertiary/aromatic N) is 2. The highest BCUT2D eigenvalue weighted by molar-refractivity contribution is 5.83. The standard InChI is InChI=1S/C14H13N3O/c15-6-5-12-9-14(17-18-12)11-3-4-13-10(8-11)2-1-7-16-13/h1-4,7-9H,5-6,15H2. The van der Waals surface area contributed by atoms with Gasteiger partial charge < -0.3 is 10.3 Å². The lowest BCUT2D eigenvalue weighted by Gasteiger charge is -1.99. The summed E-state index contributed by atoms with van der Waals surface area (Å²) >= 11 is 0. The third-order valence-electron chi connectivity index (χ3n) is 2.85. The van der Waals surface area contributed by atoms with E-state index in [0.29, 0.717) is 13.0 Å². The minimum atomic E-state index is 0.566. The van der Waals surface area contributed by atoms with E-state index in [1.54, 1.807) is 6.20 Å². The SMILES string of the molecule is NCCc1cc(-c2ccc3ncccc3c2)no1. The van der Waals surface area contributed by atoms with Crippen LogP contribution in [-0.2, 0) is 6.42 Å². The van der Waals surface area contributed by atoms with Gasteiger partial charge in [0.1, 0.15) is 11.5 Å². The molecule has 0 radical (unpaired) electrons. The molecule has 0 amide bonds. The molecule has 0 aliphatic carbocycles. The van der Waals surface area contributed by atoms with E-state index in [-0.39, 0.29) is 0 Å². The first-order valence-corrected chi connectivity index (χ1v) is 5.87. The van der Waals surface area contributed by atoms with Crippen molar-refractivity contribution in [3.63, 3.8) is 0 Å². The van der Waals surface area contributed by atoms with Crippen LogP contribution in [0.25, 0.3) is 22.2 Å². The minimum Gasteiger partial charge on any atom is -0.361 e. The van der Waals surface area contributed by atoms with Crippen molar-refractivity contribution in [1.29, 1.82) is 0 Å². The van der Waals surface area contributed by atoms with Crippen molar-refractivity contribution in [3.05, 3.63) is 48.4 Å². The van der Waals surface area contributed by atoms with E-state index in [9.17, 15) is 0 Å². The lowest BCUT2D eigenvalue weighted by molar-refractivity contribution is 0.386. The summed E-state index contributed by atoms with van der Waals surface area (Å²) in [7, 11) is 0. The first kappa shape index (κ1) is 10.9. The summed E-state index contributed by atoms with van der Waals surface area (Å²) in [4.78, 5) is 4.29. The van der Waals surface area contributed by atoms with Gasteiger partial charge in [0.15, 0.2) is 0 Å². The number of rotatable bonds is 3. The van der Waals surface area contributed by atoms with Crippen molar-refractivity contribution in [2.45, 2.75) is 6.42 Å². The Balaban J connectivity index is 2.02. The van der Waals surface area contributed by atoms with E-state index < -0.39 is 0 Å². The van der Waals surface area contributed by atoms with Crippen LogP contribution >= 0.6 is 0 Å². The van der Waals surface area contributed by atoms with Crippen LogP contribution < -0.4 is 5.73 Å². The molecule has 1 aromatic carbocycles. The number of hydrogen-bond donors (Lipinski definition) is 1. The van der Waals surface area contributed by atoms with Crippen LogP contribution in [-0.4, -0.2) is 16.7 Å². The molecule has 0 fully saturated rings. The first-order valence-electron chi connectivity index (χ1n) is 5.87. The summed E-state index contributed by atoms with van der Waals surface area (Å²) < 4.78 is 5.23. The second-order valence-corrected chi connectivity index (χ2v) is 4.13. The van der Waals surface area contributed by atoms with Gasteiger partial charge in [-0.2, -0.15) is 0 Å². The Bertz CT molecular complexity index is 675. The maximum atomic E-state index is 5.49. The zero-order chi connectivity index (χ0) is 12.4. The monoisotopic (exact) mass is 239 g/mol. The molecule has 0 bridgehead atoms. The van der Waals surface area contributed by atoms with Crippen LogP contribution in [0.1, 0.15) is 5.76 Å². The third-order valence-corrected chi connectivity index (χ3v) is 2.85. The number of benzene rings is 1. The number of pyridine rings is 1. The summed E-state index contributed by atoms with van der Waals surface area (Å²) in [6.07, 6.45) is 2.50. The Kier molecular flexibility index (Phi) is 2.78. The molecule has 0 unspecified atom stereocenters. The molecule has 4 nitrogen and oxygen atoms in total. The van der Waals surface area contributed by atoms with E-state index in [4.69, 9.17) is 10.3 Å². The third kappa shape index (κ3) is 1.98. The highest BCUT2D eigenvalue weighted by Gasteiger charge is 2.06. The normalized spacial score (nSPS) is 10.9. The van der Waals surface area contributed by atoms with Gasteiger partial charge in [-0.3, -0.25) is 4.98 Å². The molecule has 0 aliphatic rings. The molecule has 0 spiro atoms. The van der Waals surface area contributed by atoms with Crippen molar-refractivity contribution in [1.82, 2.24) is 10.1 Å². The van der Waals surface area contributed by atoms with E-state index in [0.717, 1.165) is 27.9 Å². The van der Waals surface area contributed by atoms with E-state index >= 15 is 0 Å². The van der Waals surface area contributed by atoms with Gasteiger partial charge in [0.25, 0.3) is 0 Å². The van der Waals surface area contributed by atoms with Crippen LogP contribution in [0.2, 0.25) is 0 Å². The first-order chi connectivity index (χ1) is 8.86. The molecule has 0 aliphatic heterocycles. The predicted octanol–water partition coefficient (Wildman–Crippen LogP) is 2.39. The zero-order valence-electron chi connectivity index (χ0n) is 9.84. The molecule has 90 valence electrons. The summed E-state index contributed by atoms with van der Waals surface area (Å²) in [6.45, 7) is 0.566. The maximum absolute atomic E-state index is 5.49. The molecule has 2 heterocycles. The fourth-order valence-electron chi connectivity index (χ4n) is 1.94. The fourth-order valence-corrected chi connectivity index (χ4v) is 1.94. The molecule has 3 rings (SSSR count). The van der Waals surface area contributed by atoms with Gasteiger partial charge in [-0.05, 0) is 24.7 Å². The second-order valence-electron chi connectivity index (χ2n) is 4.13. The van der Waals surface area contributed by atoms with Crippen LogP contribution in [0.3, 0.4) is 0 Å². The highest BCUT2D eigenvalue weighted by atomic mass is 16.5. The van der Waals surface area contributed by atoms with Crippen molar-refractivity contribution in [3.8, 4) is 11.3 Å². The van der Waals surface area contributed by atoms with E-state index in [1.165, 1.54) is 0 Å². The number of nitrogens with two attached hydrogens (primary N) is 1.